The van der Waals surface area contributed by atoms with Gasteiger partial charge in [-0.25, -0.2) is 0 Å². The molecule has 4 aliphatic carbocycles. The van der Waals surface area contributed by atoms with Gasteiger partial charge < -0.3 is 15.0 Å². The van der Waals surface area contributed by atoms with Crippen LogP contribution in [0.5, 0.6) is 5.75 Å². The van der Waals surface area contributed by atoms with Crippen LogP contribution in [0.25, 0.3) is 0 Å². The molecule has 1 unspecified atom stereocenters. The van der Waals surface area contributed by atoms with Crippen molar-refractivity contribution in [3.63, 3.8) is 0 Å². The van der Waals surface area contributed by atoms with Crippen molar-refractivity contribution in [3.05, 3.63) is 29.3 Å². The minimum atomic E-state index is -0.595. The molecule has 1 atom stereocenters. The Hall–Kier alpha value is -2.41. The molecule has 37 heavy (non-hydrogen) atoms. The maximum Gasteiger partial charge on any atom is 0.255 e. The van der Waals surface area contributed by atoms with Crippen molar-refractivity contribution >= 4 is 17.7 Å². The fourth-order valence-corrected chi connectivity index (χ4v) is 8.44. The van der Waals surface area contributed by atoms with E-state index in [0.717, 1.165) is 48.5 Å². The molecule has 2 aliphatic heterocycles. The van der Waals surface area contributed by atoms with Crippen LogP contribution in [0.2, 0.25) is 0 Å². The third-order valence-electron chi connectivity index (χ3n) is 9.71. The van der Waals surface area contributed by atoms with Crippen LogP contribution in [-0.4, -0.2) is 48.4 Å². The number of hydrogen-bond acceptors (Lipinski definition) is 5. The van der Waals surface area contributed by atoms with E-state index in [2.05, 4.69) is 10.6 Å². The number of carbonyl (C=O) groups is 3. The minimum absolute atomic E-state index is 0.156. The number of nitrogens with one attached hydrogen (secondary N) is 2. The van der Waals surface area contributed by atoms with E-state index in [4.69, 9.17) is 4.74 Å². The van der Waals surface area contributed by atoms with Crippen LogP contribution in [0.15, 0.2) is 18.2 Å². The Bertz CT molecular complexity index is 1020. The standard InChI is InChI=1S/C30H41N3O4/c34-27-9-8-25(28(35)32-27)33-18-24-23(29(33)36)6-5-7-26(24)37-11-4-2-1-3-10-31-19-30-15-20-12-21(16-30)14-22(13-20)17-30/h5-7,20-22,25,31H,1-4,8-19H2,(H,32,34,35). The van der Waals surface area contributed by atoms with Crippen LogP contribution in [0.4, 0.5) is 0 Å². The number of imide groups is 1. The molecule has 0 aromatic heterocycles. The summed E-state index contributed by atoms with van der Waals surface area (Å²) in [7, 11) is 0. The highest BCUT2D eigenvalue weighted by molar-refractivity contribution is 6.05. The van der Waals surface area contributed by atoms with Crippen molar-refractivity contribution in [2.75, 3.05) is 19.7 Å². The fraction of sp³-hybridized carbons (Fsp3) is 0.700. The number of fused-ring (bicyclic) bond motifs is 1. The van der Waals surface area contributed by atoms with E-state index < -0.39 is 6.04 Å². The number of ether oxygens (including phenoxy) is 1. The van der Waals surface area contributed by atoms with Gasteiger partial charge in [0.05, 0.1) is 13.2 Å². The molecule has 1 saturated heterocycles. The first-order chi connectivity index (χ1) is 18.0. The molecule has 0 radical (unpaired) electrons. The van der Waals surface area contributed by atoms with E-state index in [1.807, 2.05) is 12.1 Å². The lowest BCUT2D eigenvalue weighted by Crippen LogP contribution is -2.52. The molecule has 200 valence electrons. The summed E-state index contributed by atoms with van der Waals surface area (Å²) >= 11 is 0. The van der Waals surface area contributed by atoms with Gasteiger partial charge in [0.2, 0.25) is 11.8 Å². The van der Waals surface area contributed by atoms with E-state index in [0.29, 0.717) is 30.6 Å². The van der Waals surface area contributed by atoms with Crippen molar-refractivity contribution in [1.29, 1.82) is 0 Å². The third kappa shape index (κ3) is 5.16. The van der Waals surface area contributed by atoms with Gasteiger partial charge in [-0.1, -0.05) is 18.9 Å². The Morgan fingerprint density at radius 3 is 2.43 bits per heavy atom. The number of rotatable bonds is 11. The van der Waals surface area contributed by atoms with Gasteiger partial charge in [0.15, 0.2) is 0 Å². The average Bonchev–Trinajstić information content (AvgIpc) is 3.19. The predicted octanol–water partition coefficient (Wildman–Crippen LogP) is 4.19. The maximum atomic E-state index is 13.0. The molecular weight excluding hydrogens is 466 g/mol. The van der Waals surface area contributed by atoms with Gasteiger partial charge in [-0.15, -0.1) is 0 Å². The highest BCUT2D eigenvalue weighted by Crippen LogP contribution is 2.59. The molecular formula is C30H41N3O4. The minimum Gasteiger partial charge on any atom is -0.493 e. The van der Waals surface area contributed by atoms with Crippen molar-refractivity contribution in [2.24, 2.45) is 23.2 Å². The van der Waals surface area contributed by atoms with Crippen LogP contribution in [0.3, 0.4) is 0 Å². The monoisotopic (exact) mass is 507 g/mol. The summed E-state index contributed by atoms with van der Waals surface area (Å²) in [5.41, 5.74) is 2.08. The second-order valence-corrected chi connectivity index (χ2v) is 12.5. The average molecular weight is 508 g/mol. The number of unbranched alkanes of at least 4 members (excludes halogenated alkanes) is 3. The van der Waals surface area contributed by atoms with E-state index >= 15 is 0 Å². The Kier molecular flexibility index (Phi) is 6.99. The maximum absolute atomic E-state index is 13.0. The molecule has 5 fully saturated rings. The molecule has 4 saturated carbocycles. The molecule has 7 heteroatoms. The highest BCUT2D eigenvalue weighted by atomic mass is 16.5. The zero-order chi connectivity index (χ0) is 25.4. The van der Waals surface area contributed by atoms with Crippen LogP contribution >= 0.6 is 0 Å². The summed E-state index contributed by atoms with van der Waals surface area (Å²) < 4.78 is 6.09. The summed E-state index contributed by atoms with van der Waals surface area (Å²) in [6.07, 6.45) is 14.1. The Morgan fingerprint density at radius 2 is 1.70 bits per heavy atom. The Labute approximate surface area is 220 Å². The normalized spacial score (nSPS) is 32.1. The lowest BCUT2D eigenvalue weighted by molar-refractivity contribution is -0.136. The first-order valence-electron chi connectivity index (χ1n) is 14.6. The van der Waals surface area contributed by atoms with Gasteiger partial charge >= 0.3 is 0 Å². The van der Waals surface area contributed by atoms with Crippen molar-refractivity contribution < 1.29 is 19.1 Å². The summed E-state index contributed by atoms with van der Waals surface area (Å²) in [5.74, 6) is 3.00. The molecule has 0 spiro atoms. The second kappa shape index (κ2) is 10.4. The van der Waals surface area contributed by atoms with Crippen molar-refractivity contribution in [3.8, 4) is 5.75 Å². The predicted molar refractivity (Wildman–Crippen MR) is 140 cm³/mol. The zero-order valence-electron chi connectivity index (χ0n) is 21.9. The lowest BCUT2D eigenvalue weighted by atomic mass is 9.49. The molecule has 1 aromatic rings. The first-order valence-corrected chi connectivity index (χ1v) is 14.6. The second-order valence-electron chi connectivity index (χ2n) is 12.5. The van der Waals surface area contributed by atoms with Crippen LogP contribution in [0, 0.1) is 23.2 Å². The Morgan fingerprint density at radius 1 is 0.973 bits per heavy atom. The molecule has 6 aliphatic rings. The molecule has 7 rings (SSSR count). The fourth-order valence-electron chi connectivity index (χ4n) is 8.44. The topological polar surface area (TPSA) is 87.7 Å². The van der Waals surface area contributed by atoms with Crippen molar-refractivity contribution in [1.82, 2.24) is 15.5 Å². The number of carbonyl (C=O) groups excluding carboxylic acids is 3. The molecule has 3 amide bonds. The number of benzene rings is 1. The summed E-state index contributed by atoms with van der Waals surface area (Å²) in [4.78, 5) is 38.3. The summed E-state index contributed by atoms with van der Waals surface area (Å²) in [6.45, 7) is 3.33. The lowest BCUT2D eigenvalue weighted by Gasteiger charge is -2.57. The van der Waals surface area contributed by atoms with E-state index in [9.17, 15) is 14.4 Å². The van der Waals surface area contributed by atoms with Crippen LogP contribution < -0.4 is 15.4 Å². The van der Waals surface area contributed by atoms with Crippen LogP contribution in [0.1, 0.15) is 93.0 Å². The van der Waals surface area contributed by atoms with E-state index in [1.54, 1.807) is 11.0 Å². The third-order valence-corrected chi connectivity index (χ3v) is 9.71. The van der Waals surface area contributed by atoms with Gasteiger partial charge in [-0.3, -0.25) is 19.7 Å². The number of nitrogens with zero attached hydrogens (tertiary/aromatic N) is 1. The zero-order valence-corrected chi connectivity index (χ0v) is 21.9. The summed E-state index contributed by atoms with van der Waals surface area (Å²) in [6, 6.07) is 4.96. The number of amides is 3. The smallest absolute Gasteiger partial charge is 0.255 e. The van der Waals surface area contributed by atoms with E-state index in [1.165, 1.54) is 57.9 Å². The molecule has 7 nitrogen and oxygen atoms in total. The van der Waals surface area contributed by atoms with Gasteiger partial charge in [0.1, 0.15) is 11.8 Å². The summed E-state index contributed by atoms with van der Waals surface area (Å²) in [5, 5.41) is 6.17. The largest absolute Gasteiger partial charge is 0.493 e. The molecule has 4 bridgehead atoms. The SMILES string of the molecule is O=C1CCC(N2Cc3c(OCCCCCCNCC45CC6CC(CC(C6)C4)C5)cccc3C2=O)C(=O)N1. The molecule has 1 aromatic carbocycles. The Balaban J connectivity index is 0.896. The highest BCUT2D eigenvalue weighted by Gasteiger charge is 2.50. The van der Waals surface area contributed by atoms with Gasteiger partial charge in [-0.2, -0.15) is 0 Å². The van der Waals surface area contributed by atoms with Crippen LogP contribution in [-0.2, 0) is 16.1 Å². The van der Waals surface area contributed by atoms with Gasteiger partial charge in [-0.05, 0) is 99.6 Å². The first kappa shape index (κ1) is 24.9. The van der Waals surface area contributed by atoms with Gasteiger partial charge in [0.25, 0.3) is 5.91 Å². The molecule has 2 heterocycles. The van der Waals surface area contributed by atoms with Gasteiger partial charge in [0, 0.05) is 24.1 Å². The molecule has 2 N–H and O–H groups in total. The quantitative estimate of drug-likeness (QED) is 0.346. The number of piperidine rings is 1. The number of hydrogen-bond donors (Lipinski definition) is 2. The van der Waals surface area contributed by atoms with Crippen molar-refractivity contribution in [2.45, 2.75) is 89.6 Å². The van der Waals surface area contributed by atoms with E-state index in [-0.39, 0.29) is 24.1 Å².